The fourth-order valence-corrected chi connectivity index (χ4v) is 1.54. The van der Waals surface area contributed by atoms with Crippen molar-refractivity contribution in [1.82, 2.24) is 10.0 Å². The average Bonchev–Trinajstić information content (AvgIpc) is 2.63. The molecule has 7 heteroatoms. The van der Waals surface area contributed by atoms with Crippen LogP contribution in [0.2, 0.25) is 0 Å². The Hall–Kier alpha value is -1.36. The number of rotatable bonds is 6. The quantitative estimate of drug-likeness (QED) is 0.674. The van der Waals surface area contributed by atoms with Gasteiger partial charge in [-0.15, -0.1) is 0 Å². The van der Waals surface area contributed by atoms with Crippen molar-refractivity contribution in [2.45, 2.75) is 6.54 Å². The molecule has 1 aromatic heterocycles. The first-order valence-electron chi connectivity index (χ1n) is 4.65. The average molecular weight is 243 g/mol. The second kappa shape index (κ2) is 5.65. The summed E-state index contributed by atoms with van der Waals surface area (Å²) in [6.45, 7) is 1.29. The van der Waals surface area contributed by atoms with Crippen LogP contribution in [0.3, 0.4) is 0 Å². The summed E-state index contributed by atoms with van der Waals surface area (Å²) >= 11 is 0. The molecule has 0 aliphatic rings. The predicted molar refractivity (Wildman–Crippen MR) is 58.0 cm³/mol. The Balaban J connectivity index is 2.19. The lowest BCUT2D eigenvalue weighted by atomic mass is 10.4. The molecule has 1 rings (SSSR count). The maximum absolute atomic E-state index is 10.7. The molecule has 1 heterocycles. The van der Waals surface area contributed by atoms with E-state index in [9.17, 15) is 8.42 Å². The van der Waals surface area contributed by atoms with E-state index in [4.69, 9.17) is 9.68 Å². The smallest absolute Gasteiger partial charge is 0.208 e. The Morgan fingerprint density at radius 3 is 2.75 bits per heavy atom. The molecule has 0 unspecified atom stereocenters. The van der Waals surface area contributed by atoms with Gasteiger partial charge in [0.15, 0.2) is 0 Å². The first kappa shape index (κ1) is 12.7. The largest absolute Gasteiger partial charge is 0.449 e. The Morgan fingerprint density at radius 1 is 1.44 bits per heavy atom. The molecule has 1 aromatic rings. The van der Waals surface area contributed by atoms with Crippen LogP contribution in [-0.4, -0.2) is 27.8 Å². The number of nitrogens with one attached hydrogen (secondary N) is 2. The SMILES string of the molecule is CS(=O)(=O)NCCNCc1ccc(C#N)o1. The molecule has 0 saturated carbocycles. The Labute approximate surface area is 94.3 Å². The third-order valence-electron chi connectivity index (χ3n) is 1.74. The van der Waals surface area contributed by atoms with E-state index < -0.39 is 10.0 Å². The molecule has 16 heavy (non-hydrogen) atoms. The molecular weight excluding hydrogens is 230 g/mol. The monoisotopic (exact) mass is 243 g/mol. The highest BCUT2D eigenvalue weighted by molar-refractivity contribution is 7.88. The van der Waals surface area contributed by atoms with Gasteiger partial charge >= 0.3 is 0 Å². The van der Waals surface area contributed by atoms with Crippen LogP contribution in [0.1, 0.15) is 11.5 Å². The van der Waals surface area contributed by atoms with Crippen molar-refractivity contribution in [3.8, 4) is 6.07 Å². The standard InChI is InChI=1S/C9H13N3O3S/c1-16(13,14)12-5-4-11-7-9-3-2-8(6-10)15-9/h2-3,11-12H,4-5,7H2,1H3. The molecule has 2 N–H and O–H groups in total. The van der Waals surface area contributed by atoms with Crippen molar-refractivity contribution in [2.24, 2.45) is 0 Å². The molecule has 88 valence electrons. The minimum Gasteiger partial charge on any atom is -0.449 e. The number of nitriles is 1. The van der Waals surface area contributed by atoms with E-state index in [-0.39, 0.29) is 5.76 Å². The Kier molecular flexibility index (Phi) is 4.49. The zero-order valence-corrected chi connectivity index (χ0v) is 9.67. The van der Waals surface area contributed by atoms with Crippen LogP contribution in [0.25, 0.3) is 0 Å². The molecule has 0 aliphatic heterocycles. The van der Waals surface area contributed by atoms with Crippen molar-refractivity contribution in [2.75, 3.05) is 19.3 Å². The van der Waals surface area contributed by atoms with Crippen LogP contribution in [0.4, 0.5) is 0 Å². The first-order valence-corrected chi connectivity index (χ1v) is 6.54. The molecule has 0 saturated heterocycles. The molecule has 6 nitrogen and oxygen atoms in total. The maximum Gasteiger partial charge on any atom is 0.208 e. The molecule has 0 fully saturated rings. The molecule has 0 spiro atoms. The van der Waals surface area contributed by atoms with Crippen LogP contribution in [0.5, 0.6) is 0 Å². The summed E-state index contributed by atoms with van der Waals surface area (Å²) in [4.78, 5) is 0. The zero-order valence-electron chi connectivity index (χ0n) is 8.86. The number of hydrogen-bond donors (Lipinski definition) is 2. The van der Waals surface area contributed by atoms with Gasteiger partial charge < -0.3 is 9.73 Å². The van der Waals surface area contributed by atoms with Gasteiger partial charge in [-0.1, -0.05) is 0 Å². The van der Waals surface area contributed by atoms with E-state index in [1.54, 1.807) is 12.1 Å². The molecule has 0 radical (unpaired) electrons. The minimum absolute atomic E-state index is 0.270. The summed E-state index contributed by atoms with van der Waals surface area (Å²) in [5.74, 6) is 0.918. The van der Waals surface area contributed by atoms with Gasteiger partial charge in [0, 0.05) is 13.1 Å². The topological polar surface area (TPSA) is 95.1 Å². The number of hydrogen-bond acceptors (Lipinski definition) is 5. The van der Waals surface area contributed by atoms with E-state index in [1.165, 1.54) is 0 Å². The van der Waals surface area contributed by atoms with Crippen LogP contribution in [0, 0.1) is 11.3 Å². The van der Waals surface area contributed by atoms with Crippen LogP contribution >= 0.6 is 0 Å². The molecule has 0 atom stereocenters. The highest BCUT2D eigenvalue weighted by Crippen LogP contribution is 2.05. The van der Waals surface area contributed by atoms with E-state index in [2.05, 4.69) is 10.0 Å². The second-order valence-corrected chi connectivity index (χ2v) is 5.05. The van der Waals surface area contributed by atoms with Crippen molar-refractivity contribution >= 4 is 10.0 Å². The highest BCUT2D eigenvalue weighted by Gasteiger charge is 2.01. The van der Waals surface area contributed by atoms with E-state index >= 15 is 0 Å². The van der Waals surface area contributed by atoms with Gasteiger partial charge in [-0.25, -0.2) is 13.1 Å². The van der Waals surface area contributed by atoms with Crippen LogP contribution < -0.4 is 10.0 Å². The third-order valence-corrected chi connectivity index (χ3v) is 2.47. The normalized spacial score (nSPS) is 11.2. The molecular formula is C9H13N3O3S. The summed E-state index contributed by atoms with van der Waals surface area (Å²) in [6.07, 6.45) is 1.11. The summed E-state index contributed by atoms with van der Waals surface area (Å²) in [7, 11) is -3.13. The molecule has 0 amide bonds. The molecule has 0 bridgehead atoms. The zero-order chi connectivity index (χ0) is 12.0. The first-order chi connectivity index (χ1) is 7.51. The Bertz CT molecular complexity index is 472. The minimum atomic E-state index is -3.13. The second-order valence-electron chi connectivity index (χ2n) is 3.22. The van der Waals surface area contributed by atoms with Gasteiger partial charge in [-0.3, -0.25) is 0 Å². The number of nitrogens with zero attached hydrogens (tertiary/aromatic N) is 1. The summed E-state index contributed by atoms with van der Waals surface area (Å²) in [5, 5.41) is 11.5. The maximum atomic E-state index is 10.7. The molecule has 0 aromatic carbocycles. The van der Waals surface area contributed by atoms with Crippen LogP contribution in [-0.2, 0) is 16.6 Å². The van der Waals surface area contributed by atoms with Gasteiger partial charge in [-0.2, -0.15) is 5.26 Å². The summed E-state index contributed by atoms with van der Waals surface area (Å²) in [5.41, 5.74) is 0. The highest BCUT2D eigenvalue weighted by atomic mass is 32.2. The van der Waals surface area contributed by atoms with Crippen LogP contribution in [0.15, 0.2) is 16.5 Å². The third kappa shape index (κ3) is 4.93. The predicted octanol–water partition coefficient (Wildman–Crippen LogP) is -0.210. The van der Waals surface area contributed by atoms with Gasteiger partial charge in [-0.05, 0) is 12.1 Å². The number of furan rings is 1. The van der Waals surface area contributed by atoms with Crippen molar-refractivity contribution in [3.05, 3.63) is 23.7 Å². The lowest BCUT2D eigenvalue weighted by Crippen LogP contribution is -2.30. The van der Waals surface area contributed by atoms with Gasteiger partial charge in [0.2, 0.25) is 15.8 Å². The van der Waals surface area contributed by atoms with E-state index in [1.807, 2.05) is 6.07 Å². The summed E-state index contributed by atoms with van der Waals surface area (Å²) in [6, 6.07) is 5.18. The number of sulfonamides is 1. The lowest BCUT2D eigenvalue weighted by molar-refractivity contribution is 0.474. The lowest BCUT2D eigenvalue weighted by Gasteiger charge is -2.03. The van der Waals surface area contributed by atoms with Gasteiger partial charge in [0.05, 0.1) is 12.8 Å². The molecule has 0 aliphatic carbocycles. The van der Waals surface area contributed by atoms with Gasteiger partial charge in [0.25, 0.3) is 0 Å². The van der Waals surface area contributed by atoms with Crippen molar-refractivity contribution < 1.29 is 12.8 Å². The fourth-order valence-electron chi connectivity index (χ4n) is 1.07. The fraction of sp³-hybridized carbons (Fsp3) is 0.444. The van der Waals surface area contributed by atoms with Crippen molar-refractivity contribution in [1.29, 1.82) is 5.26 Å². The summed E-state index contributed by atoms with van der Waals surface area (Å²) < 4.78 is 28.9. The van der Waals surface area contributed by atoms with E-state index in [0.717, 1.165) is 6.26 Å². The Morgan fingerprint density at radius 2 is 2.19 bits per heavy atom. The van der Waals surface area contributed by atoms with E-state index in [0.29, 0.717) is 25.4 Å². The van der Waals surface area contributed by atoms with Crippen molar-refractivity contribution in [3.63, 3.8) is 0 Å². The van der Waals surface area contributed by atoms with Gasteiger partial charge in [0.1, 0.15) is 11.8 Å².